The molecule has 1 aliphatic rings. The number of carbonyl (C=O) groups is 2. The van der Waals surface area contributed by atoms with E-state index in [4.69, 9.17) is 26.8 Å². The maximum absolute atomic E-state index is 13.1. The summed E-state index contributed by atoms with van der Waals surface area (Å²) in [4.78, 5) is 26.6. The number of rotatable bonds is 7. The number of amides is 2. The molecule has 0 aliphatic carbocycles. The van der Waals surface area contributed by atoms with Gasteiger partial charge in [0.1, 0.15) is 24.5 Å². The molecule has 1 aromatic heterocycles. The number of halogens is 1. The Morgan fingerprint density at radius 1 is 1.13 bits per heavy atom. The zero-order valence-electron chi connectivity index (χ0n) is 17.0. The van der Waals surface area contributed by atoms with E-state index in [9.17, 15) is 9.59 Å². The standard InChI is InChI=1S/C23H24ClN3O4/c24-18-5-7-19(8-6-18)30-16-23(13-21(25)28)15-27(11-12-31-23)22(29)14-26-10-9-17-3-1-2-4-20(17)26/h1-10H,11-16H2,(H2,25,28)/t23-/m1/s1. The normalized spacial score (nSPS) is 18.8. The van der Waals surface area contributed by atoms with E-state index in [2.05, 4.69) is 0 Å². The molecule has 0 spiro atoms. The van der Waals surface area contributed by atoms with E-state index in [1.54, 1.807) is 29.2 Å². The topological polar surface area (TPSA) is 86.8 Å². The monoisotopic (exact) mass is 441 g/mol. The lowest BCUT2D eigenvalue weighted by Crippen LogP contribution is -2.58. The summed E-state index contributed by atoms with van der Waals surface area (Å²) in [6.07, 6.45) is 1.86. The van der Waals surface area contributed by atoms with Crippen LogP contribution in [0.4, 0.5) is 0 Å². The molecule has 31 heavy (non-hydrogen) atoms. The molecule has 3 aromatic rings. The van der Waals surface area contributed by atoms with Crippen LogP contribution < -0.4 is 10.5 Å². The molecule has 0 saturated carbocycles. The lowest BCUT2D eigenvalue weighted by Gasteiger charge is -2.42. The zero-order chi connectivity index (χ0) is 21.8. The quantitative estimate of drug-likeness (QED) is 0.610. The SMILES string of the molecule is NC(=O)C[C@]1(COc2ccc(Cl)cc2)CN(C(=O)Cn2ccc3ccccc32)CCO1. The van der Waals surface area contributed by atoms with Crippen LogP contribution in [0.15, 0.2) is 60.8 Å². The third-order valence-corrected chi connectivity index (χ3v) is 5.65. The largest absolute Gasteiger partial charge is 0.490 e. The van der Waals surface area contributed by atoms with Gasteiger partial charge in [-0.15, -0.1) is 0 Å². The Labute approximate surface area is 185 Å². The Hall–Kier alpha value is -3.03. The lowest BCUT2D eigenvalue weighted by atomic mass is 9.97. The maximum atomic E-state index is 13.1. The van der Waals surface area contributed by atoms with Crippen molar-refractivity contribution in [3.05, 3.63) is 65.8 Å². The van der Waals surface area contributed by atoms with Gasteiger partial charge in [0.25, 0.3) is 0 Å². The summed E-state index contributed by atoms with van der Waals surface area (Å²) in [7, 11) is 0. The third-order valence-electron chi connectivity index (χ3n) is 5.40. The molecule has 1 atom stereocenters. The average Bonchev–Trinajstić information content (AvgIpc) is 3.16. The number of ether oxygens (including phenoxy) is 2. The molecule has 0 bridgehead atoms. The van der Waals surface area contributed by atoms with Crippen molar-refractivity contribution in [1.29, 1.82) is 0 Å². The van der Waals surface area contributed by atoms with Crippen molar-refractivity contribution in [2.75, 3.05) is 26.3 Å². The van der Waals surface area contributed by atoms with Gasteiger partial charge in [-0.1, -0.05) is 29.8 Å². The molecule has 2 amide bonds. The van der Waals surface area contributed by atoms with E-state index in [0.717, 1.165) is 10.9 Å². The first kappa shape index (κ1) is 21.2. The second-order valence-corrected chi connectivity index (χ2v) is 8.17. The van der Waals surface area contributed by atoms with Crippen LogP contribution in [-0.2, 0) is 20.9 Å². The smallest absolute Gasteiger partial charge is 0.242 e. The van der Waals surface area contributed by atoms with Crippen molar-refractivity contribution in [3.63, 3.8) is 0 Å². The molecule has 8 heteroatoms. The Bertz CT molecular complexity index is 1080. The van der Waals surface area contributed by atoms with Gasteiger partial charge in [0.05, 0.1) is 19.6 Å². The van der Waals surface area contributed by atoms with Crippen LogP contribution in [0.1, 0.15) is 6.42 Å². The highest BCUT2D eigenvalue weighted by Crippen LogP contribution is 2.25. The molecule has 0 radical (unpaired) electrons. The summed E-state index contributed by atoms with van der Waals surface area (Å²) in [5, 5.41) is 1.68. The fourth-order valence-corrected chi connectivity index (χ4v) is 4.02. The summed E-state index contributed by atoms with van der Waals surface area (Å²) in [6.45, 7) is 1.27. The molecule has 1 fully saturated rings. The molecule has 1 aliphatic heterocycles. The molecule has 2 N–H and O–H groups in total. The minimum absolute atomic E-state index is 0.0448. The molecule has 1 saturated heterocycles. The predicted molar refractivity (Wildman–Crippen MR) is 118 cm³/mol. The minimum Gasteiger partial charge on any atom is -0.490 e. The van der Waals surface area contributed by atoms with Gasteiger partial charge in [-0.2, -0.15) is 0 Å². The number of nitrogens with two attached hydrogens (primary N) is 1. The first-order chi connectivity index (χ1) is 14.9. The van der Waals surface area contributed by atoms with Crippen LogP contribution in [-0.4, -0.2) is 53.2 Å². The third kappa shape index (κ3) is 5.00. The summed E-state index contributed by atoms with van der Waals surface area (Å²) in [5.41, 5.74) is 5.49. The van der Waals surface area contributed by atoms with Crippen LogP contribution in [0, 0.1) is 0 Å². The van der Waals surface area contributed by atoms with Crippen molar-refractivity contribution in [3.8, 4) is 5.75 Å². The highest BCUT2D eigenvalue weighted by molar-refractivity contribution is 6.30. The Kier molecular flexibility index (Phi) is 6.15. The number of primary amides is 1. The number of hydrogen-bond donors (Lipinski definition) is 1. The van der Waals surface area contributed by atoms with E-state index < -0.39 is 11.5 Å². The van der Waals surface area contributed by atoms with Crippen LogP contribution >= 0.6 is 11.6 Å². The molecule has 0 unspecified atom stereocenters. The highest BCUT2D eigenvalue weighted by Gasteiger charge is 2.41. The van der Waals surface area contributed by atoms with Gasteiger partial charge in [0, 0.05) is 23.3 Å². The van der Waals surface area contributed by atoms with Gasteiger partial charge < -0.3 is 24.7 Å². The van der Waals surface area contributed by atoms with E-state index in [1.165, 1.54) is 0 Å². The zero-order valence-corrected chi connectivity index (χ0v) is 17.8. The van der Waals surface area contributed by atoms with Crippen LogP contribution in [0.3, 0.4) is 0 Å². The summed E-state index contributed by atoms with van der Waals surface area (Å²) in [6, 6.07) is 16.8. The van der Waals surface area contributed by atoms with Crippen LogP contribution in [0.25, 0.3) is 10.9 Å². The Morgan fingerprint density at radius 3 is 2.68 bits per heavy atom. The van der Waals surface area contributed by atoms with Gasteiger partial charge in [0.15, 0.2) is 0 Å². The number of nitrogens with zero attached hydrogens (tertiary/aromatic N) is 2. The first-order valence-corrected chi connectivity index (χ1v) is 10.4. The molecule has 2 aromatic carbocycles. The maximum Gasteiger partial charge on any atom is 0.242 e. The predicted octanol–water partition coefficient (Wildman–Crippen LogP) is 2.85. The number of benzene rings is 2. The van der Waals surface area contributed by atoms with Gasteiger partial charge in [-0.3, -0.25) is 9.59 Å². The van der Waals surface area contributed by atoms with E-state index in [0.29, 0.717) is 23.9 Å². The van der Waals surface area contributed by atoms with Crippen molar-refractivity contribution in [2.45, 2.75) is 18.6 Å². The fraction of sp³-hybridized carbons (Fsp3) is 0.304. The molecular weight excluding hydrogens is 418 g/mol. The Balaban J connectivity index is 1.47. The Morgan fingerprint density at radius 2 is 1.90 bits per heavy atom. The second kappa shape index (κ2) is 8.99. The summed E-state index contributed by atoms with van der Waals surface area (Å²) < 4.78 is 13.7. The van der Waals surface area contributed by atoms with Gasteiger partial charge in [0.2, 0.25) is 11.8 Å². The van der Waals surface area contributed by atoms with Crippen molar-refractivity contribution < 1.29 is 19.1 Å². The minimum atomic E-state index is -1.00. The van der Waals surface area contributed by atoms with Crippen molar-refractivity contribution in [1.82, 2.24) is 9.47 Å². The number of hydrogen-bond acceptors (Lipinski definition) is 4. The highest BCUT2D eigenvalue weighted by atomic mass is 35.5. The number of carbonyl (C=O) groups excluding carboxylic acids is 2. The summed E-state index contributed by atoms with van der Waals surface area (Å²) in [5.74, 6) is 0.0366. The average molecular weight is 442 g/mol. The molecular formula is C23H24ClN3O4. The van der Waals surface area contributed by atoms with E-state index >= 15 is 0 Å². The van der Waals surface area contributed by atoms with E-state index in [1.807, 2.05) is 41.1 Å². The van der Waals surface area contributed by atoms with Gasteiger partial charge >= 0.3 is 0 Å². The molecule has 7 nitrogen and oxygen atoms in total. The van der Waals surface area contributed by atoms with Gasteiger partial charge in [-0.05, 0) is 41.8 Å². The van der Waals surface area contributed by atoms with Crippen LogP contribution in [0.2, 0.25) is 5.02 Å². The second-order valence-electron chi connectivity index (χ2n) is 7.73. The molecule has 162 valence electrons. The number of morpholine rings is 1. The number of fused-ring (bicyclic) bond motifs is 1. The fourth-order valence-electron chi connectivity index (χ4n) is 3.89. The van der Waals surface area contributed by atoms with E-state index in [-0.39, 0.29) is 32.0 Å². The number of para-hydroxylation sites is 1. The van der Waals surface area contributed by atoms with Crippen LogP contribution in [0.5, 0.6) is 5.75 Å². The molecule has 4 rings (SSSR count). The van der Waals surface area contributed by atoms with Gasteiger partial charge in [-0.25, -0.2) is 0 Å². The number of aromatic nitrogens is 1. The van der Waals surface area contributed by atoms with Crippen molar-refractivity contribution in [2.24, 2.45) is 5.73 Å². The summed E-state index contributed by atoms with van der Waals surface area (Å²) >= 11 is 5.92. The molecule has 2 heterocycles. The van der Waals surface area contributed by atoms with Crippen molar-refractivity contribution >= 4 is 34.3 Å². The first-order valence-electron chi connectivity index (χ1n) is 10.1. The lowest BCUT2D eigenvalue weighted by molar-refractivity contribution is -0.162.